The fourth-order valence-electron chi connectivity index (χ4n) is 3.69. The second kappa shape index (κ2) is 4.59. The molecular weight excluding hydrogens is 208 g/mol. The number of rotatable bonds is 2. The van der Waals surface area contributed by atoms with Crippen LogP contribution in [0.4, 0.5) is 8.78 Å². The molecule has 0 saturated heterocycles. The molecule has 2 N–H and O–H groups in total. The quantitative estimate of drug-likeness (QED) is 0.770. The van der Waals surface area contributed by atoms with E-state index in [1.165, 1.54) is 32.1 Å². The Morgan fingerprint density at radius 1 is 0.938 bits per heavy atom. The Morgan fingerprint density at radius 3 is 2.00 bits per heavy atom. The predicted octanol–water partition coefficient (Wildman–Crippen LogP) is 3.72. The van der Waals surface area contributed by atoms with Crippen molar-refractivity contribution < 1.29 is 8.78 Å². The molecule has 94 valence electrons. The largest absolute Gasteiger partial charge is 0.330 e. The molecule has 16 heavy (non-hydrogen) atoms. The minimum Gasteiger partial charge on any atom is -0.330 e. The molecule has 3 heteroatoms. The van der Waals surface area contributed by atoms with Crippen LogP contribution in [0, 0.1) is 11.3 Å². The molecule has 0 bridgehead atoms. The van der Waals surface area contributed by atoms with Gasteiger partial charge < -0.3 is 5.73 Å². The lowest BCUT2D eigenvalue weighted by Crippen LogP contribution is -2.42. The van der Waals surface area contributed by atoms with Crippen LogP contribution in [0.3, 0.4) is 0 Å². The van der Waals surface area contributed by atoms with Gasteiger partial charge in [0.15, 0.2) is 0 Å². The van der Waals surface area contributed by atoms with Crippen LogP contribution in [0.2, 0.25) is 0 Å². The molecule has 2 fully saturated rings. The highest BCUT2D eigenvalue weighted by Gasteiger charge is 2.44. The van der Waals surface area contributed by atoms with E-state index in [0.29, 0.717) is 25.3 Å². The summed E-state index contributed by atoms with van der Waals surface area (Å²) in [6, 6.07) is 0. The summed E-state index contributed by atoms with van der Waals surface area (Å²) >= 11 is 0. The third kappa shape index (κ3) is 2.39. The van der Waals surface area contributed by atoms with Gasteiger partial charge in [0.05, 0.1) is 0 Å². The summed E-state index contributed by atoms with van der Waals surface area (Å²) in [7, 11) is 0. The summed E-state index contributed by atoms with van der Waals surface area (Å²) in [5.41, 5.74) is 6.15. The van der Waals surface area contributed by atoms with Crippen molar-refractivity contribution in [1.82, 2.24) is 0 Å². The van der Waals surface area contributed by atoms with Crippen LogP contribution in [0.25, 0.3) is 0 Å². The molecule has 0 spiro atoms. The Bertz CT molecular complexity index is 224. The highest BCUT2D eigenvalue weighted by Crippen LogP contribution is 2.50. The molecule has 0 aromatic heterocycles. The Balaban J connectivity index is 2.00. The van der Waals surface area contributed by atoms with E-state index < -0.39 is 5.92 Å². The fourth-order valence-corrected chi connectivity index (χ4v) is 3.69. The predicted molar refractivity (Wildman–Crippen MR) is 61.5 cm³/mol. The van der Waals surface area contributed by atoms with Gasteiger partial charge in [-0.15, -0.1) is 0 Å². The van der Waals surface area contributed by atoms with Crippen LogP contribution in [0.5, 0.6) is 0 Å². The van der Waals surface area contributed by atoms with Crippen molar-refractivity contribution >= 4 is 0 Å². The van der Waals surface area contributed by atoms with Gasteiger partial charge in [-0.05, 0) is 43.6 Å². The molecule has 2 saturated carbocycles. The maximum absolute atomic E-state index is 13.1. The van der Waals surface area contributed by atoms with Crippen molar-refractivity contribution in [2.45, 2.75) is 63.7 Å². The number of hydrogen-bond acceptors (Lipinski definition) is 1. The number of alkyl halides is 2. The van der Waals surface area contributed by atoms with Crippen LogP contribution in [0.15, 0.2) is 0 Å². The van der Waals surface area contributed by atoms with E-state index in [2.05, 4.69) is 0 Å². The summed E-state index contributed by atoms with van der Waals surface area (Å²) in [5, 5.41) is 0. The van der Waals surface area contributed by atoms with Gasteiger partial charge in [0, 0.05) is 12.8 Å². The van der Waals surface area contributed by atoms with Gasteiger partial charge in [-0.3, -0.25) is 0 Å². The Hall–Kier alpha value is -0.180. The average molecular weight is 231 g/mol. The van der Waals surface area contributed by atoms with Crippen LogP contribution < -0.4 is 5.73 Å². The van der Waals surface area contributed by atoms with Gasteiger partial charge in [0.1, 0.15) is 0 Å². The number of nitrogens with two attached hydrogens (primary N) is 1. The summed E-state index contributed by atoms with van der Waals surface area (Å²) in [6.07, 6.45) is 7.64. The minimum absolute atomic E-state index is 0.0828. The lowest BCUT2D eigenvalue weighted by molar-refractivity contribution is -0.0685. The summed E-state index contributed by atoms with van der Waals surface area (Å²) in [5.74, 6) is -1.95. The highest BCUT2D eigenvalue weighted by molar-refractivity contribution is 4.93. The zero-order valence-corrected chi connectivity index (χ0v) is 9.98. The first-order chi connectivity index (χ1) is 7.58. The highest BCUT2D eigenvalue weighted by atomic mass is 19.3. The van der Waals surface area contributed by atoms with Crippen LogP contribution in [-0.4, -0.2) is 12.5 Å². The normalized spacial score (nSPS) is 30.2. The molecule has 2 aliphatic rings. The summed E-state index contributed by atoms with van der Waals surface area (Å²) < 4.78 is 26.3. The van der Waals surface area contributed by atoms with Crippen molar-refractivity contribution in [3.8, 4) is 0 Å². The number of halogens is 2. The Labute approximate surface area is 96.8 Å². The lowest BCUT2D eigenvalue weighted by Gasteiger charge is -2.46. The molecular formula is C13H23F2N. The fraction of sp³-hybridized carbons (Fsp3) is 1.00. The molecule has 0 amide bonds. The molecule has 0 atom stereocenters. The van der Waals surface area contributed by atoms with Crippen molar-refractivity contribution in [2.24, 2.45) is 17.1 Å². The van der Waals surface area contributed by atoms with E-state index in [1.54, 1.807) is 0 Å². The molecule has 1 nitrogen and oxygen atoms in total. The van der Waals surface area contributed by atoms with Gasteiger partial charge >= 0.3 is 0 Å². The summed E-state index contributed by atoms with van der Waals surface area (Å²) in [4.78, 5) is 0. The first-order valence-corrected chi connectivity index (χ1v) is 6.66. The van der Waals surface area contributed by atoms with Gasteiger partial charge in [0.2, 0.25) is 5.92 Å². The second-order valence-electron chi connectivity index (χ2n) is 5.76. The molecule has 2 rings (SSSR count). The van der Waals surface area contributed by atoms with Crippen molar-refractivity contribution in [3.63, 3.8) is 0 Å². The van der Waals surface area contributed by atoms with Crippen molar-refractivity contribution in [1.29, 1.82) is 0 Å². The third-order valence-corrected chi connectivity index (χ3v) is 4.84. The smallest absolute Gasteiger partial charge is 0.248 e. The monoisotopic (exact) mass is 231 g/mol. The zero-order valence-electron chi connectivity index (χ0n) is 9.98. The average Bonchev–Trinajstić information content (AvgIpc) is 2.30. The van der Waals surface area contributed by atoms with Gasteiger partial charge in [-0.2, -0.15) is 0 Å². The minimum atomic E-state index is -2.40. The molecule has 2 aliphatic carbocycles. The lowest BCUT2D eigenvalue weighted by atomic mass is 9.61. The molecule has 0 aliphatic heterocycles. The molecule has 0 radical (unpaired) electrons. The van der Waals surface area contributed by atoms with Crippen LogP contribution in [0.1, 0.15) is 57.8 Å². The van der Waals surface area contributed by atoms with Crippen LogP contribution in [-0.2, 0) is 0 Å². The van der Waals surface area contributed by atoms with E-state index in [1.807, 2.05) is 0 Å². The van der Waals surface area contributed by atoms with E-state index >= 15 is 0 Å². The van der Waals surface area contributed by atoms with Crippen LogP contribution >= 0.6 is 0 Å². The van der Waals surface area contributed by atoms with Crippen molar-refractivity contribution in [2.75, 3.05) is 6.54 Å². The Morgan fingerprint density at radius 2 is 1.50 bits per heavy atom. The summed E-state index contributed by atoms with van der Waals surface area (Å²) in [6.45, 7) is 0.698. The van der Waals surface area contributed by atoms with Gasteiger partial charge in [-0.1, -0.05) is 19.3 Å². The SMILES string of the molecule is NCC1(C2CCC(F)(F)CC2)CCCCC1. The molecule has 0 unspecified atom stereocenters. The van der Waals surface area contributed by atoms with Gasteiger partial charge in [-0.25, -0.2) is 8.78 Å². The molecule has 0 aromatic carbocycles. The van der Waals surface area contributed by atoms with Gasteiger partial charge in [0.25, 0.3) is 0 Å². The zero-order chi connectivity index (χ0) is 11.6. The molecule has 0 heterocycles. The van der Waals surface area contributed by atoms with E-state index in [-0.39, 0.29) is 18.3 Å². The third-order valence-electron chi connectivity index (χ3n) is 4.84. The van der Waals surface area contributed by atoms with Crippen molar-refractivity contribution in [3.05, 3.63) is 0 Å². The van der Waals surface area contributed by atoms with E-state index in [9.17, 15) is 8.78 Å². The molecule has 0 aromatic rings. The van der Waals surface area contributed by atoms with E-state index in [0.717, 1.165) is 0 Å². The first-order valence-electron chi connectivity index (χ1n) is 6.66. The maximum Gasteiger partial charge on any atom is 0.248 e. The standard InChI is InChI=1S/C13H23F2N/c14-13(15)8-4-11(5-9-13)12(10-16)6-2-1-3-7-12/h11H,1-10,16H2. The topological polar surface area (TPSA) is 26.0 Å². The Kier molecular flexibility index (Phi) is 3.53. The second-order valence-corrected chi connectivity index (χ2v) is 5.76. The first kappa shape index (κ1) is 12.3. The maximum atomic E-state index is 13.1. The van der Waals surface area contributed by atoms with E-state index in [4.69, 9.17) is 5.73 Å². The number of hydrogen-bond donors (Lipinski definition) is 1.